The van der Waals surface area contributed by atoms with E-state index in [4.69, 9.17) is 0 Å². The van der Waals surface area contributed by atoms with Crippen LogP contribution in [-0.4, -0.2) is 0 Å². The van der Waals surface area contributed by atoms with Crippen LogP contribution in [0.3, 0.4) is 0 Å². The average molecular weight is 773 g/mol. The highest BCUT2D eigenvalue weighted by molar-refractivity contribution is 5.78. The van der Waals surface area contributed by atoms with Gasteiger partial charge < -0.3 is 9.80 Å². The van der Waals surface area contributed by atoms with Gasteiger partial charge >= 0.3 is 0 Å². The molecule has 0 radical (unpaired) electrons. The Labute approximate surface area is 354 Å². The second kappa shape index (κ2) is 16.8. The molecule has 2 nitrogen and oxygen atoms in total. The summed E-state index contributed by atoms with van der Waals surface area (Å²) in [5.41, 5.74) is 18.0. The van der Waals surface area contributed by atoms with Gasteiger partial charge in [-0.2, -0.15) is 0 Å². The lowest BCUT2D eigenvalue weighted by Crippen LogP contribution is -2.13. The maximum Gasteiger partial charge on any atom is 0.0461 e. The van der Waals surface area contributed by atoms with Crippen molar-refractivity contribution in [3.8, 4) is 0 Å². The van der Waals surface area contributed by atoms with Gasteiger partial charge in [-0.1, -0.05) is 147 Å². The van der Waals surface area contributed by atoms with Crippen LogP contribution in [0.5, 0.6) is 0 Å². The molecular weight excluding hydrogens is 713 g/mol. The predicted octanol–water partition coefficient (Wildman–Crippen LogP) is 16.2. The number of hydrogen-bond acceptors (Lipinski definition) is 2. The Morgan fingerprint density at radius 2 is 0.678 bits per heavy atom. The third-order valence-corrected chi connectivity index (χ3v) is 13.6. The van der Waals surface area contributed by atoms with Crippen molar-refractivity contribution in [2.75, 3.05) is 9.80 Å². The first-order valence-electron chi connectivity index (χ1n) is 21.8. The molecule has 1 saturated carbocycles. The fourth-order valence-corrected chi connectivity index (χ4v) is 9.77. The van der Waals surface area contributed by atoms with Crippen LogP contribution >= 0.6 is 0 Å². The number of hydrogen-bond donors (Lipinski definition) is 0. The maximum absolute atomic E-state index is 2.47. The van der Waals surface area contributed by atoms with E-state index in [0.717, 1.165) is 12.8 Å². The van der Waals surface area contributed by atoms with Gasteiger partial charge in [-0.25, -0.2) is 0 Å². The molecule has 0 N–H and O–H groups in total. The lowest BCUT2D eigenvalue weighted by atomic mass is 9.77. The molecule has 1 aliphatic carbocycles. The second-order valence-electron chi connectivity index (χ2n) is 17.4. The van der Waals surface area contributed by atoms with Crippen molar-refractivity contribution in [1.82, 2.24) is 0 Å². The summed E-state index contributed by atoms with van der Waals surface area (Å²) in [6.45, 7) is 18.2. The SMILES string of the molecule is CCC(c1ccc(N(c2ccc(C)cc2)c2ccc(C)cc2)cc1)C(CC)c1ccc(C2(C)C(C)C2c2ccc(N(c3ccc(C)cc3)c3ccc(C)cc3)cc2)cc1. The molecule has 0 aliphatic heterocycles. The van der Waals surface area contributed by atoms with Crippen molar-refractivity contribution in [1.29, 1.82) is 0 Å². The molecular formula is C57H60N2. The maximum atomic E-state index is 2.47. The van der Waals surface area contributed by atoms with Gasteiger partial charge in [-0.15, -0.1) is 0 Å². The van der Waals surface area contributed by atoms with Crippen molar-refractivity contribution in [2.45, 2.75) is 91.4 Å². The summed E-state index contributed by atoms with van der Waals surface area (Å²) in [6.07, 6.45) is 2.20. The molecule has 0 heterocycles. The fraction of sp³-hybridized carbons (Fsp3) is 0.263. The lowest BCUT2D eigenvalue weighted by molar-refractivity contribution is 0.510. The van der Waals surface area contributed by atoms with Gasteiger partial charge in [0.15, 0.2) is 0 Å². The topological polar surface area (TPSA) is 6.48 Å². The zero-order valence-electron chi connectivity index (χ0n) is 36.3. The molecule has 1 aliphatic rings. The van der Waals surface area contributed by atoms with Crippen LogP contribution in [-0.2, 0) is 5.41 Å². The summed E-state index contributed by atoms with van der Waals surface area (Å²) in [5, 5.41) is 0. The Kier molecular flexibility index (Phi) is 11.4. The minimum Gasteiger partial charge on any atom is -0.311 e. The van der Waals surface area contributed by atoms with Crippen LogP contribution < -0.4 is 9.80 Å². The average Bonchev–Trinajstić information content (AvgIpc) is 3.83. The Morgan fingerprint density at radius 3 is 0.983 bits per heavy atom. The van der Waals surface area contributed by atoms with Gasteiger partial charge in [0.1, 0.15) is 0 Å². The van der Waals surface area contributed by atoms with E-state index in [1.807, 2.05) is 0 Å². The Hall–Kier alpha value is -5.86. The van der Waals surface area contributed by atoms with E-state index in [1.54, 1.807) is 0 Å². The molecule has 7 aromatic carbocycles. The summed E-state index contributed by atoms with van der Waals surface area (Å²) >= 11 is 0. The van der Waals surface area contributed by atoms with E-state index in [0.29, 0.717) is 23.7 Å². The van der Waals surface area contributed by atoms with Crippen molar-refractivity contribution in [3.05, 3.63) is 214 Å². The van der Waals surface area contributed by atoms with E-state index >= 15 is 0 Å². The number of aryl methyl sites for hydroxylation is 4. The van der Waals surface area contributed by atoms with Crippen LogP contribution in [0.2, 0.25) is 0 Å². The number of anilines is 6. The molecule has 298 valence electrons. The van der Waals surface area contributed by atoms with Crippen LogP contribution in [0.25, 0.3) is 0 Å². The molecule has 0 bridgehead atoms. The smallest absolute Gasteiger partial charge is 0.0461 e. The van der Waals surface area contributed by atoms with Gasteiger partial charge in [0, 0.05) is 39.5 Å². The monoisotopic (exact) mass is 772 g/mol. The zero-order valence-corrected chi connectivity index (χ0v) is 36.3. The third-order valence-electron chi connectivity index (χ3n) is 13.6. The third kappa shape index (κ3) is 7.98. The Morgan fingerprint density at radius 1 is 0.407 bits per heavy atom. The second-order valence-corrected chi connectivity index (χ2v) is 17.4. The molecule has 5 atom stereocenters. The Bertz CT molecular complexity index is 2350. The van der Waals surface area contributed by atoms with Gasteiger partial charge in [0.2, 0.25) is 0 Å². The molecule has 0 saturated heterocycles. The number of rotatable bonds is 13. The van der Waals surface area contributed by atoms with E-state index < -0.39 is 0 Å². The fourth-order valence-electron chi connectivity index (χ4n) is 9.77. The summed E-state index contributed by atoms with van der Waals surface area (Å²) < 4.78 is 0. The van der Waals surface area contributed by atoms with Crippen LogP contribution in [0.15, 0.2) is 170 Å². The molecule has 2 heteroatoms. The largest absolute Gasteiger partial charge is 0.311 e. The summed E-state index contributed by atoms with van der Waals surface area (Å²) in [4.78, 5) is 4.73. The van der Waals surface area contributed by atoms with Gasteiger partial charge in [-0.05, 0) is 159 Å². The lowest BCUT2D eigenvalue weighted by Gasteiger charge is -2.29. The summed E-state index contributed by atoms with van der Waals surface area (Å²) in [5.74, 6) is 1.93. The van der Waals surface area contributed by atoms with Crippen molar-refractivity contribution in [2.24, 2.45) is 5.92 Å². The molecule has 5 unspecified atom stereocenters. The minimum atomic E-state index is 0.107. The van der Waals surface area contributed by atoms with Crippen LogP contribution in [0, 0.1) is 33.6 Å². The molecule has 8 rings (SSSR count). The normalized spacial score (nSPS) is 18.2. The molecule has 7 aromatic rings. The molecule has 0 aromatic heterocycles. The highest BCUT2D eigenvalue weighted by Crippen LogP contribution is 2.65. The van der Waals surface area contributed by atoms with E-state index in [1.165, 1.54) is 78.6 Å². The molecule has 0 amide bonds. The molecule has 59 heavy (non-hydrogen) atoms. The molecule has 1 fully saturated rings. The first-order valence-corrected chi connectivity index (χ1v) is 21.8. The summed E-state index contributed by atoms with van der Waals surface area (Å²) in [7, 11) is 0. The zero-order chi connectivity index (χ0) is 41.3. The van der Waals surface area contributed by atoms with Crippen LogP contribution in [0.1, 0.15) is 103 Å². The van der Waals surface area contributed by atoms with Crippen molar-refractivity contribution < 1.29 is 0 Å². The van der Waals surface area contributed by atoms with Gasteiger partial charge in [-0.3, -0.25) is 0 Å². The van der Waals surface area contributed by atoms with E-state index in [-0.39, 0.29) is 5.41 Å². The highest BCUT2D eigenvalue weighted by Gasteiger charge is 2.59. The quantitative estimate of drug-likeness (QED) is 0.115. The van der Waals surface area contributed by atoms with Crippen molar-refractivity contribution >= 4 is 34.1 Å². The highest BCUT2D eigenvalue weighted by atomic mass is 15.1. The predicted molar refractivity (Wildman–Crippen MR) is 253 cm³/mol. The van der Waals surface area contributed by atoms with Crippen LogP contribution in [0.4, 0.5) is 34.1 Å². The molecule has 0 spiro atoms. The minimum absolute atomic E-state index is 0.107. The first kappa shape index (κ1) is 39.9. The van der Waals surface area contributed by atoms with Gasteiger partial charge in [0.05, 0.1) is 0 Å². The summed E-state index contributed by atoms with van der Waals surface area (Å²) in [6, 6.07) is 63.9. The van der Waals surface area contributed by atoms with E-state index in [2.05, 4.69) is 235 Å². The van der Waals surface area contributed by atoms with Crippen molar-refractivity contribution in [3.63, 3.8) is 0 Å². The van der Waals surface area contributed by atoms with E-state index in [9.17, 15) is 0 Å². The standard InChI is InChI=1S/C57H60N2/c1-9-54(55(10-2)45-21-35-52(36-22-45)58(48-27-11-39(3)12-28-48)49-29-13-40(4)14-30-49)44-19-25-47(26-20-44)57(8)43(7)56(57)46-23-37-53(38-24-46)59(50-31-15-41(5)16-32-50)51-33-17-42(6)18-34-51/h11-38,43,54-56H,9-10H2,1-8H3. The first-order chi connectivity index (χ1) is 28.6. The number of benzene rings is 7. The van der Waals surface area contributed by atoms with Gasteiger partial charge in [0.25, 0.3) is 0 Å². The number of nitrogens with zero attached hydrogens (tertiary/aromatic N) is 2. The Balaban J connectivity index is 1.01.